The second kappa shape index (κ2) is 7.22. The largest absolute Gasteiger partial charge is 0.376 e. The summed E-state index contributed by atoms with van der Waals surface area (Å²) in [6.07, 6.45) is 0.837. The highest BCUT2D eigenvalue weighted by molar-refractivity contribution is 5.46. The summed E-state index contributed by atoms with van der Waals surface area (Å²) in [6, 6.07) is 7.45. The molecule has 0 N–H and O–H groups in total. The van der Waals surface area contributed by atoms with Crippen molar-refractivity contribution in [1.82, 2.24) is 15.0 Å². The molecule has 0 amide bonds. The van der Waals surface area contributed by atoms with Gasteiger partial charge in [-0.05, 0) is 24.3 Å². The molecule has 0 aliphatic carbocycles. The van der Waals surface area contributed by atoms with Gasteiger partial charge in [0.25, 0.3) is 0 Å². The first-order valence-corrected chi connectivity index (χ1v) is 9.77. The molecule has 0 atom stereocenters. The zero-order chi connectivity index (χ0) is 18.2. The van der Waals surface area contributed by atoms with Crippen molar-refractivity contribution in [3.63, 3.8) is 0 Å². The molecule has 3 aliphatic heterocycles. The van der Waals surface area contributed by atoms with E-state index in [4.69, 9.17) is 9.26 Å². The molecule has 4 heterocycles. The van der Waals surface area contributed by atoms with Crippen LogP contribution in [0.4, 0.5) is 10.1 Å². The number of halogens is 1. The minimum Gasteiger partial charge on any atom is -0.376 e. The number of rotatable bonds is 4. The summed E-state index contributed by atoms with van der Waals surface area (Å²) in [5.41, 5.74) is 3.33. The Morgan fingerprint density at radius 3 is 2.63 bits per heavy atom. The standard InChI is InChI=1S/C20H25FN4O2/c21-15-1-3-16(4-2-15)24-6-8-25(9-7-24)17-11-23(12-17)13-19-18-14-26-10-5-20(18)27-22-19/h1-4,17H,5-14H2. The van der Waals surface area contributed by atoms with Crippen LogP contribution in [0.15, 0.2) is 28.8 Å². The van der Waals surface area contributed by atoms with E-state index in [0.29, 0.717) is 12.6 Å². The van der Waals surface area contributed by atoms with Crippen LogP contribution in [0.3, 0.4) is 0 Å². The molecular formula is C20H25FN4O2. The third-order valence-electron chi connectivity index (χ3n) is 6.00. The van der Waals surface area contributed by atoms with E-state index in [1.165, 1.54) is 0 Å². The Kier molecular flexibility index (Phi) is 4.59. The van der Waals surface area contributed by atoms with Gasteiger partial charge in [-0.25, -0.2) is 4.39 Å². The van der Waals surface area contributed by atoms with Crippen LogP contribution < -0.4 is 4.90 Å². The second-order valence-electron chi connectivity index (χ2n) is 7.68. The zero-order valence-corrected chi connectivity index (χ0v) is 15.4. The summed E-state index contributed by atoms with van der Waals surface area (Å²) in [4.78, 5) is 7.36. The van der Waals surface area contributed by atoms with Gasteiger partial charge < -0.3 is 14.2 Å². The first-order chi connectivity index (χ1) is 13.3. The molecule has 0 saturated carbocycles. The van der Waals surface area contributed by atoms with Crippen LogP contribution in [0.5, 0.6) is 0 Å². The maximum Gasteiger partial charge on any atom is 0.144 e. The van der Waals surface area contributed by atoms with E-state index in [0.717, 1.165) is 81.5 Å². The summed E-state index contributed by atoms with van der Waals surface area (Å²) >= 11 is 0. The molecule has 0 unspecified atom stereocenters. The fraction of sp³-hybridized carbons (Fsp3) is 0.550. The van der Waals surface area contributed by atoms with Crippen molar-refractivity contribution in [1.29, 1.82) is 0 Å². The highest BCUT2D eigenvalue weighted by Gasteiger charge is 2.34. The van der Waals surface area contributed by atoms with Crippen LogP contribution in [-0.2, 0) is 24.3 Å². The molecule has 5 rings (SSSR count). The lowest BCUT2D eigenvalue weighted by atomic mass is 10.0. The van der Waals surface area contributed by atoms with Crippen LogP contribution in [0.2, 0.25) is 0 Å². The monoisotopic (exact) mass is 372 g/mol. The van der Waals surface area contributed by atoms with Crippen LogP contribution in [-0.4, -0.2) is 66.9 Å². The van der Waals surface area contributed by atoms with Gasteiger partial charge >= 0.3 is 0 Å². The molecule has 144 valence electrons. The third-order valence-corrected chi connectivity index (χ3v) is 6.00. The molecule has 2 saturated heterocycles. The lowest BCUT2D eigenvalue weighted by Crippen LogP contribution is -2.62. The van der Waals surface area contributed by atoms with Crippen molar-refractivity contribution < 1.29 is 13.7 Å². The molecule has 1 aromatic heterocycles. The molecule has 0 radical (unpaired) electrons. The van der Waals surface area contributed by atoms with Crippen molar-refractivity contribution in [3.05, 3.63) is 47.1 Å². The Morgan fingerprint density at radius 1 is 1.07 bits per heavy atom. The van der Waals surface area contributed by atoms with Gasteiger partial charge in [0.1, 0.15) is 17.3 Å². The van der Waals surface area contributed by atoms with Crippen molar-refractivity contribution in [2.24, 2.45) is 0 Å². The summed E-state index contributed by atoms with van der Waals surface area (Å²) in [6.45, 7) is 8.50. The molecule has 7 heteroatoms. The number of ether oxygens (including phenoxy) is 1. The number of benzene rings is 1. The summed E-state index contributed by atoms with van der Waals surface area (Å²) in [5, 5.41) is 4.26. The first-order valence-electron chi connectivity index (χ1n) is 9.77. The third kappa shape index (κ3) is 3.47. The second-order valence-corrected chi connectivity index (χ2v) is 7.68. The number of aromatic nitrogens is 1. The van der Waals surface area contributed by atoms with E-state index in [1.807, 2.05) is 12.1 Å². The lowest BCUT2D eigenvalue weighted by molar-refractivity contribution is 0.0238. The number of nitrogens with zero attached hydrogens (tertiary/aromatic N) is 4. The highest BCUT2D eigenvalue weighted by atomic mass is 19.1. The average molecular weight is 372 g/mol. The Hall–Kier alpha value is -1.96. The molecule has 0 bridgehead atoms. The van der Waals surface area contributed by atoms with Gasteiger partial charge in [0.15, 0.2) is 0 Å². The summed E-state index contributed by atoms with van der Waals surface area (Å²) < 4.78 is 24.1. The minimum absolute atomic E-state index is 0.174. The topological polar surface area (TPSA) is 45.0 Å². The van der Waals surface area contributed by atoms with Crippen LogP contribution in [0.25, 0.3) is 0 Å². The number of anilines is 1. The minimum atomic E-state index is -0.174. The fourth-order valence-electron chi connectivity index (χ4n) is 4.32. The highest BCUT2D eigenvalue weighted by Crippen LogP contribution is 2.25. The summed E-state index contributed by atoms with van der Waals surface area (Å²) in [5.74, 6) is 0.831. The number of hydrogen-bond donors (Lipinski definition) is 0. The average Bonchev–Trinajstić information content (AvgIpc) is 3.08. The normalized spacial score (nSPS) is 21.9. The Labute approximate surface area is 158 Å². The predicted molar refractivity (Wildman–Crippen MR) is 99.1 cm³/mol. The van der Waals surface area contributed by atoms with E-state index in [1.54, 1.807) is 12.1 Å². The predicted octanol–water partition coefficient (Wildman–Crippen LogP) is 1.89. The quantitative estimate of drug-likeness (QED) is 0.817. The van der Waals surface area contributed by atoms with E-state index < -0.39 is 0 Å². The molecule has 0 spiro atoms. The number of piperazine rings is 1. The van der Waals surface area contributed by atoms with Gasteiger partial charge in [0.05, 0.1) is 13.2 Å². The van der Waals surface area contributed by atoms with Gasteiger partial charge in [-0.3, -0.25) is 9.80 Å². The van der Waals surface area contributed by atoms with E-state index in [9.17, 15) is 4.39 Å². The number of likely N-dealkylation sites (tertiary alicyclic amines) is 1. The van der Waals surface area contributed by atoms with Gasteiger partial charge in [-0.2, -0.15) is 0 Å². The Bertz CT molecular complexity index is 780. The number of fused-ring (bicyclic) bond motifs is 1. The van der Waals surface area contributed by atoms with Crippen molar-refractivity contribution >= 4 is 5.69 Å². The van der Waals surface area contributed by atoms with Crippen LogP contribution in [0, 0.1) is 5.82 Å². The van der Waals surface area contributed by atoms with Crippen molar-refractivity contribution in [2.75, 3.05) is 50.8 Å². The van der Waals surface area contributed by atoms with Gasteiger partial charge in [-0.1, -0.05) is 5.16 Å². The van der Waals surface area contributed by atoms with Crippen molar-refractivity contribution in [3.8, 4) is 0 Å². The van der Waals surface area contributed by atoms with Gasteiger partial charge in [0.2, 0.25) is 0 Å². The zero-order valence-electron chi connectivity index (χ0n) is 15.4. The van der Waals surface area contributed by atoms with E-state index in [2.05, 4.69) is 19.9 Å². The molecule has 1 aromatic carbocycles. The van der Waals surface area contributed by atoms with Gasteiger partial charge in [-0.15, -0.1) is 0 Å². The molecule has 6 nitrogen and oxygen atoms in total. The fourth-order valence-corrected chi connectivity index (χ4v) is 4.32. The maximum atomic E-state index is 13.1. The van der Waals surface area contributed by atoms with Crippen LogP contribution in [0.1, 0.15) is 17.0 Å². The summed E-state index contributed by atoms with van der Waals surface area (Å²) in [7, 11) is 0. The molecular weight excluding hydrogens is 347 g/mol. The maximum absolute atomic E-state index is 13.1. The first kappa shape index (κ1) is 17.2. The molecule has 27 heavy (non-hydrogen) atoms. The van der Waals surface area contributed by atoms with Gasteiger partial charge in [0, 0.05) is 69.5 Å². The van der Waals surface area contributed by atoms with E-state index >= 15 is 0 Å². The lowest BCUT2D eigenvalue weighted by Gasteiger charge is -2.48. The smallest absolute Gasteiger partial charge is 0.144 e. The van der Waals surface area contributed by atoms with Crippen molar-refractivity contribution in [2.45, 2.75) is 25.6 Å². The molecule has 2 aromatic rings. The Morgan fingerprint density at radius 2 is 1.85 bits per heavy atom. The van der Waals surface area contributed by atoms with E-state index in [-0.39, 0.29) is 5.82 Å². The van der Waals surface area contributed by atoms with Crippen LogP contribution >= 0.6 is 0 Å². The molecule has 2 fully saturated rings. The SMILES string of the molecule is Fc1ccc(N2CCN(C3CN(Cc4noc5c4COCC5)C3)CC2)cc1. The Balaban J connectivity index is 1.10. The number of hydrogen-bond acceptors (Lipinski definition) is 6. The molecule has 3 aliphatic rings.